The topological polar surface area (TPSA) is 112 Å². The van der Waals surface area contributed by atoms with Crippen molar-refractivity contribution in [2.24, 2.45) is 0 Å². The zero-order valence-corrected chi connectivity index (χ0v) is 15.8. The predicted octanol–water partition coefficient (Wildman–Crippen LogP) is 3.22. The Morgan fingerprint density at radius 2 is 1.35 bits per heavy atom. The van der Waals surface area contributed by atoms with E-state index >= 15 is 0 Å². The first-order chi connectivity index (χ1) is 12.1. The second-order valence-corrected chi connectivity index (χ2v) is 5.76. The molecular formula is C18H26O8. The lowest BCUT2D eigenvalue weighted by Crippen LogP contribution is -2.22. The fraction of sp³-hybridized carbons (Fsp3) is 0.556. The molecular weight excluding hydrogens is 344 g/mol. The summed E-state index contributed by atoms with van der Waals surface area (Å²) < 4.78 is 21.5. The molecule has 1 aromatic rings. The van der Waals surface area contributed by atoms with E-state index in [9.17, 15) is 19.8 Å². The normalized spacial score (nSPS) is 15.9. The number of carbonyl (C=O) groups is 2. The number of carboxylic acid groups (broad SMARTS) is 2. The largest absolute Gasteiger partial charge is 0.478 e. The third-order valence-corrected chi connectivity index (χ3v) is 4.02. The van der Waals surface area contributed by atoms with Crippen molar-refractivity contribution in [3.8, 4) is 0 Å². The summed E-state index contributed by atoms with van der Waals surface area (Å²) in [6.07, 6.45) is -2.43. The predicted molar refractivity (Wildman–Crippen MR) is 92.3 cm³/mol. The van der Waals surface area contributed by atoms with E-state index in [1.807, 2.05) is 0 Å². The van der Waals surface area contributed by atoms with Crippen molar-refractivity contribution in [1.29, 1.82) is 0 Å². The van der Waals surface area contributed by atoms with Crippen LogP contribution in [0, 0.1) is 0 Å². The summed E-state index contributed by atoms with van der Waals surface area (Å²) in [6, 6.07) is 2.80. The van der Waals surface area contributed by atoms with Crippen LogP contribution in [0.4, 0.5) is 0 Å². The first-order valence-electron chi connectivity index (χ1n) is 8.13. The van der Waals surface area contributed by atoms with Crippen LogP contribution in [0.15, 0.2) is 12.1 Å². The van der Waals surface area contributed by atoms with Crippen molar-refractivity contribution in [1.82, 2.24) is 0 Å². The summed E-state index contributed by atoms with van der Waals surface area (Å²) in [5.74, 6) is -2.69. The van der Waals surface area contributed by atoms with Gasteiger partial charge < -0.3 is 29.2 Å². The molecule has 0 bridgehead atoms. The van der Waals surface area contributed by atoms with Gasteiger partial charge in [-0.2, -0.15) is 0 Å². The molecule has 4 atom stereocenters. The SMILES string of the molecule is COC(C)OC(C)c1ccc(C(=O)O)c(C(=O)O)c1C(C)OC(C)OC. The summed E-state index contributed by atoms with van der Waals surface area (Å²) in [7, 11) is 2.94. The van der Waals surface area contributed by atoms with E-state index in [0.717, 1.165) is 0 Å². The van der Waals surface area contributed by atoms with Crippen molar-refractivity contribution < 1.29 is 38.7 Å². The quantitative estimate of drug-likeness (QED) is 0.604. The number of hydrogen-bond donors (Lipinski definition) is 2. The van der Waals surface area contributed by atoms with Gasteiger partial charge in [-0.05, 0) is 39.3 Å². The smallest absolute Gasteiger partial charge is 0.336 e. The minimum atomic E-state index is -1.35. The number of ether oxygens (including phenoxy) is 4. The Balaban J connectivity index is 3.56. The first kappa shape index (κ1) is 22.0. The molecule has 8 heteroatoms. The van der Waals surface area contributed by atoms with Crippen LogP contribution < -0.4 is 0 Å². The molecule has 0 aliphatic carbocycles. The van der Waals surface area contributed by atoms with Crippen LogP contribution in [-0.2, 0) is 18.9 Å². The molecule has 0 aliphatic rings. The van der Waals surface area contributed by atoms with Crippen LogP contribution in [-0.4, -0.2) is 49.0 Å². The van der Waals surface area contributed by atoms with Crippen molar-refractivity contribution in [2.75, 3.05) is 14.2 Å². The fourth-order valence-corrected chi connectivity index (χ4v) is 2.66. The number of rotatable bonds is 10. The standard InChI is InChI=1S/C18H26O8/c1-9(25-11(3)23-5)13-7-8-14(17(19)20)16(18(21)22)15(13)10(2)26-12(4)24-6/h7-12H,1-6H3,(H,19,20)(H,21,22). The number of methoxy groups -OCH3 is 2. The highest BCUT2D eigenvalue weighted by Gasteiger charge is 2.29. The molecule has 0 amide bonds. The maximum atomic E-state index is 11.8. The molecule has 0 spiro atoms. The Morgan fingerprint density at radius 3 is 1.77 bits per heavy atom. The zero-order chi connectivity index (χ0) is 20.0. The monoisotopic (exact) mass is 370 g/mol. The molecule has 2 N–H and O–H groups in total. The molecule has 0 heterocycles. The van der Waals surface area contributed by atoms with Gasteiger partial charge in [0.25, 0.3) is 0 Å². The van der Waals surface area contributed by atoms with Gasteiger partial charge >= 0.3 is 11.9 Å². The number of hydrogen-bond acceptors (Lipinski definition) is 6. The zero-order valence-electron chi connectivity index (χ0n) is 15.8. The van der Waals surface area contributed by atoms with Crippen LogP contribution in [0.2, 0.25) is 0 Å². The third-order valence-electron chi connectivity index (χ3n) is 4.02. The van der Waals surface area contributed by atoms with Gasteiger partial charge in [-0.25, -0.2) is 9.59 Å². The van der Waals surface area contributed by atoms with Gasteiger partial charge in [0.05, 0.1) is 23.3 Å². The summed E-state index contributed by atoms with van der Waals surface area (Å²) >= 11 is 0. The van der Waals surface area contributed by atoms with Crippen molar-refractivity contribution in [3.05, 3.63) is 34.4 Å². The summed E-state index contributed by atoms with van der Waals surface area (Å²) in [5, 5.41) is 19.0. The molecule has 8 nitrogen and oxygen atoms in total. The molecule has 4 unspecified atom stereocenters. The van der Waals surface area contributed by atoms with E-state index in [1.54, 1.807) is 27.7 Å². The lowest BCUT2D eigenvalue weighted by molar-refractivity contribution is -0.147. The molecule has 26 heavy (non-hydrogen) atoms. The number of aromatic carboxylic acids is 2. The highest BCUT2D eigenvalue weighted by atomic mass is 16.7. The van der Waals surface area contributed by atoms with Gasteiger partial charge in [-0.15, -0.1) is 0 Å². The summed E-state index contributed by atoms with van der Waals surface area (Å²) in [6.45, 7) is 6.73. The Morgan fingerprint density at radius 1 is 0.846 bits per heavy atom. The van der Waals surface area contributed by atoms with Crippen LogP contribution in [0.25, 0.3) is 0 Å². The average molecular weight is 370 g/mol. The Bertz CT molecular complexity index is 642. The molecule has 0 radical (unpaired) electrons. The molecule has 0 saturated carbocycles. The van der Waals surface area contributed by atoms with Gasteiger partial charge in [0.15, 0.2) is 12.6 Å². The van der Waals surface area contributed by atoms with Crippen LogP contribution >= 0.6 is 0 Å². The van der Waals surface area contributed by atoms with E-state index in [2.05, 4.69) is 0 Å². The van der Waals surface area contributed by atoms with Crippen LogP contribution in [0.1, 0.15) is 71.7 Å². The Kier molecular flexibility index (Phi) is 8.16. The highest BCUT2D eigenvalue weighted by Crippen LogP contribution is 2.34. The van der Waals surface area contributed by atoms with Gasteiger partial charge in [0, 0.05) is 19.8 Å². The molecule has 1 rings (SSSR count). The highest BCUT2D eigenvalue weighted by molar-refractivity contribution is 6.03. The lowest BCUT2D eigenvalue weighted by atomic mass is 9.90. The van der Waals surface area contributed by atoms with Crippen LogP contribution in [0.3, 0.4) is 0 Å². The van der Waals surface area contributed by atoms with Gasteiger partial charge in [0.2, 0.25) is 0 Å². The third kappa shape index (κ3) is 5.25. The first-order valence-corrected chi connectivity index (χ1v) is 8.13. The minimum absolute atomic E-state index is 0.233. The molecule has 1 aromatic carbocycles. The molecule has 146 valence electrons. The maximum absolute atomic E-state index is 11.8. The molecule has 0 aliphatic heterocycles. The second kappa shape index (κ2) is 9.63. The number of carboxylic acids is 2. The minimum Gasteiger partial charge on any atom is -0.478 e. The molecule has 0 aromatic heterocycles. The van der Waals surface area contributed by atoms with Gasteiger partial charge in [-0.3, -0.25) is 0 Å². The summed E-state index contributed by atoms with van der Waals surface area (Å²) in [4.78, 5) is 23.3. The van der Waals surface area contributed by atoms with Crippen molar-refractivity contribution in [3.63, 3.8) is 0 Å². The van der Waals surface area contributed by atoms with Crippen LogP contribution in [0.5, 0.6) is 0 Å². The van der Waals surface area contributed by atoms with E-state index < -0.39 is 36.7 Å². The Hall–Kier alpha value is -2.00. The fourth-order valence-electron chi connectivity index (χ4n) is 2.66. The molecule has 0 fully saturated rings. The van der Waals surface area contributed by atoms with Crippen molar-refractivity contribution >= 4 is 11.9 Å². The van der Waals surface area contributed by atoms with E-state index in [0.29, 0.717) is 5.56 Å². The van der Waals surface area contributed by atoms with E-state index in [-0.39, 0.29) is 16.7 Å². The molecule has 0 saturated heterocycles. The van der Waals surface area contributed by atoms with E-state index in [1.165, 1.54) is 26.4 Å². The van der Waals surface area contributed by atoms with Gasteiger partial charge in [-0.1, -0.05) is 6.07 Å². The lowest BCUT2D eigenvalue weighted by Gasteiger charge is -2.27. The average Bonchev–Trinajstić information content (AvgIpc) is 2.59. The van der Waals surface area contributed by atoms with Crippen molar-refractivity contribution in [2.45, 2.75) is 52.5 Å². The Labute approximate surface area is 152 Å². The summed E-state index contributed by atoms with van der Waals surface area (Å²) in [5.41, 5.74) is 0.0966. The van der Waals surface area contributed by atoms with Gasteiger partial charge in [0.1, 0.15) is 0 Å². The van der Waals surface area contributed by atoms with E-state index in [4.69, 9.17) is 18.9 Å². The second-order valence-electron chi connectivity index (χ2n) is 5.76. The number of benzene rings is 1. The maximum Gasteiger partial charge on any atom is 0.336 e.